The Bertz CT molecular complexity index is 538. The quantitative estimate of drug-likeness (QED) is 0.880. The topological polar surface area (TPSA) is 24.9 Å². The zero-order valence-corrected chi connectivity index (χ0v) is 13.0. The first-order valence-corrected chi connectivity index (χ1v) is 7.64. The van der Waals surface area contributed by atoms with Crippen LogP contribution in [0.25, 0.3) is 0 Å². The number of benzene rings is 1. The molecular weight excluding hydrogens is 252 g/mol. The number of aromatic nitrogens is 1. The maximum Gasteiger partial charge on any atom is 0.0982 e. The standard InChI is InChI=1S/C16H22N2S/c1-5-12-7-6-8-13(9-12)17-10-14-11-19-15(18-14)16(2,3)4/h6-9,11,17H,5,10H2,1-4H3. The fourth-order valence-electron chi connectivity index (χ4n) is 1.83. The van der Waals surface area contributed by atoms with Gasteiger partial charge in [-0.2, -0.15) is 0 Å². The Hall–Kier alpha value is -1.35. The van der Waals surface area contributed by atoms with Crippen LogP contribution >= 0.6 is 11.3 Å². The number of rotatable bonds is 4. The molecule has 0 atom stereocenters. The first-order chi connectivity index (χ1) is 8.99. The fourth-order valence-corrected chi connectivity index (χ4v) is 2.73. The van der Waals surface area contributed by atoms with E-state index in [9.17, 15) is 0 Å². The van der Waals surface area contributed by atoms with E-state index in [1.807, 2.05) is 0 Å². The molecule has 0 saturated carbocycles. The minimum atomic E-state index is 0.144. The van der Waals surface area contributed by atoms with Crippen LogP contribution < -0.4 is 5.32 Å². The van der Waals surface area contributed by atoms with E-state index in [1.54, 1.807) is 11.3 Å². The highest BCUT2D eigenvalue weighted by atomic mass is 32.1. The fraction of sp³-hybridized carbons (Fsp3) is 0.438. The van der Waals surface area contributed by atoms with Crippen LogP contribution in [-0.4, -0.2) is 4.98 Å². The molecule has 19 heavy (non-hydrogen) atoms. The molecule has 0 spiro atoms. The van der Waals surface area contributed by atoms with Crippen molar-refractivity contribution in [3.63, 3.8) is 0 Å². The van der Waals surface area contributed by atoms with Crippen LogP contribution in [0.2, 0.25) is 0 Å². The maximum atomic E-state index is 4.70. The van der Waals surface area contributed by atoms with Crippen molar-refractivity contribution >= 4 is 17.0 Å². The molecule has 1 N–H and O–H groups in total. The number of anilines is 1. The third kappa shape index (κ3) is 3.80. The molecular formula is C16H22N2S. The van der Waals surface area contributed by atoms with Gasteiger partial charge in [0.2, 0.25) is 0 Å². The Labute approximate surface area is 119 Å². The summed E-state index contributed by atoms with van der Waals surface area (Å²) in [5.41, 5.74) is 3.80. The molecule has 2 aromatic rings. The third-order valence-electron chi connectivity index (χ3n) is 3.00. The second-order valence-electron chi connectivity index (χ2n) is 5.80. The van der Waals surface area contributed by atoms with Gasteiger partial charge < -0.3 is 5.32 Å². The van der Waals surface area contributed by atoms with E-state index in [1.165, 1.54) is 16.3 Å². The predicted molar refractivity (Wildman–Crippen MR) is 84.0 cm³/mol. The third-order valence-corrected chi connectivity index (χ3v) is 4.32. The van der Waals surface area contributed by atoms with Gasteiger partial charge in [0, 0.05) is 16.5 Å². The lowest BCUT2D eigenvalue weighted by Gasteiger charge is -2.13. The molecule has 1 heterocycles. The minimum absolute atomic E-state index is 0.144. The van der Waals surface area contributed by atoms with Crippen molar-refractivity contribution in [2.24, 2.45) is 0 Å². The normalized spacial score (nSPS) is 11.6. The van der Waals surface area contributed by atoms with Gasteiger partial charge in [0.1, 0.15) is 0 Å². The monoisotopic (exact) mass is 274 g/mol. The summed E-state index contributed by atoms with van der Waals surface area (Å²) in [7, 11) is 0. The smallest absolute Gasteiger partial charge is 0.0982 e. The highest BCUT2D eigenvalue weighted by molar-refractivity contribution is 7.09. The summed E-state index contributed by atoms with van der Waals surface area (Å²) in [6.07, 6.45) is 1.07. The maximum absolute atomic E-state index is 4.70. The molecule has 1 aromatic carbocycles. The van der Waals surface area contributed by atoms with Crippen molar-refractivity contribution in [1.82, 2.24) is 4.98 Å². The van der Waals surface area contributed by atoms with Crippen LogP contribution in [0.5, 0.6) is 0 Å². The van der Waals surface area contributed by atoms with Crippen molar-refractivity contribution in [2.75, 3.05) is 5.32 Å². The summed E-state index contributed by atoms with van der Waals surface area (Å²) >= 11 is 1.75. The van der Waals surface area contributed by atoms with Crippen LogP contribution in [0.3, 0.4) is 0 Å². The average molecular weight is 274 g/mol. The Morgan fingerprint density at radius 2 is 2.05 bits per heavy atom. The van der Waals surface area contributed by atoms with Crippen LogP contribution in [0, 0.1) is 0 Å². The summed E-state index contributed by atoms with van der Waals surface area (Å²) < 4.78 is 0. The van der Waals surface area contributed by atoms with Gasteiger partial charge in [0.05, 0.1) is 17.2 Å². The number of nitrogens with zero attached hydrogens (tertiary/aromatic N) is 1. The average Bonchev–Trinajstić information content (AvgIpc) is 2.85. The van der Waals surface area contributed by atoms with Crippen molar-refractivity contribution in [3.05, 3.63) is 45.9 Å². The highest BCUT2D eigenvalue weighted by Gasteiger charge is 2.17. The summed E-state index contributed by atoms with van der Waals surface area (Å²) in [6, 6.07) is 8.57. The molecule has 2 nitrogen and oxygen atoms in total. The van der Waals surface area contributed by atoms with E-state index in [0.29, 0.717) is 0 Å². The molecule has 0 aliphatic heterocycles. The number of hydrogen-bond donors (Lipinski definition) is 1. The first kappa shape index (κ1) is 14.1. The van der Waals surface area contributed by atoms with Gasteiger partial charge in [0.15, 0.2) is 0 Å². The van der Waals surface area contributed by atoms with Gasteiger partial charge in [-0.15, -0.1) is 11.3 Å². The lowest BCUT2D eigenvalue weighted by atomic mass is 9.98. The molecule has 2 rings (SSSR count). The van der Waals surface area contributed by atoms with Crippen LogP contribution in [0.4, 0.5) is 5.69 Å². The van der Waals surface area contributed by atoms with E-state index in [4.69, 9.17) is 4.98 Å². The minimum Gasteiger partial charge on any atom is -0.379 e. The Kier molecular flexibility index (Phi) is 4.25. The van der Waals surface area contributed by atoms with Crippen molar-refractivity contribution in [1.29, 1.82) is 0 Å². The lowest BCUT2D eigenvalue weighted by molar-refractivity contribution is 0.583. The molecule has 0 aliphatic carbocycles. The summed E-state index contributed by atoms with van der Waals surface area (Å²) in [6.45, 7) is 9.57. The van der Waals surface area contributed by atoms with E-state index in [-0.39, 0.29) is 5.41 Å². The van der Waals surface area contributed by atoms with E-state index >= 15 is 0 Å². The lowest BCUT2D eigenvalue weighted by Crippen LogP contribution is -2.11. The van der Waals surface area contributed by atoms with E-state index < -0.39 is 0 Å². The Balaban J connectivity index is 2.00. The van der Waals surface area contributed by atoms with Crippen LogP contribution in [-0.2, 0) is 18.4 Å². The second kappa shape index (κ2) is 5.74. The van der Waals surface area contributed by atoms with Crippen molar-refractivity contribution in [3.8, 4) is 0 Å². The number of thiazole rings is 1. The van der Waals surface area contributed by atoms with Crippen LogP contribution in [0.15, 0.2) is 29.6 Å². The predicted octanol–water partition coefficient (Wildman–Crippen LogP) is 4.62. The second-order valence-corrected chi connectivity index (χ2v) is 6.66. The SMILES string of the molecule is CCc1cccc(NCc2csc(C(C)(C)C)n2)c1. The first-order valence-electron chi connectivity index (χ1n) is 6.76. The highest BCUT2D eigenvalue weighted by Crippen LogP contribution is 2.25. The van der Waals surface area contributed by atoms with Gasteiger partial charge >= 0.3 is 0 Å². The van der Waals surface area contributed by atoms with Crippen LogP contribution in [0.1, 0.15) is 44.0 Å². The molecule has 0 bridgehead atoms. The van der Waals surface area contributed by atoms with Crippen molar-refractivity contribution < 1.29 is 0 Å². The summed E-state index contributed by atoms with van der Waals surface area (Å²) in [5, 5.41) is 6.80. The van der Waals surface area contributed by atoms with Gasteiger partial charge in [-0.3, -0.25) is 0 Å². The zero-order chi connectivity index (χ0) is 13.9. The molecule has 0 unspecified atom stereocenters. The number of aryl methyl sites for hydroxylation is 1. The molecule has 1 aromatic heterocycles. The molecule has 0 amide bonds. The van der Waals surface area contributed by atoms with E-state index in [2.05, 4.69) is 62.7 Å². The molecule has 0 aliphatic rings. The molecule has 3 heteroatoms. The Morgan fingerprint density at radius 1 is 1.26 bits per heavy atom. The largest absolute Gasteiger partial charge is 0.379 e. The summed E-state index contributed by atoms with van der Waals surface area (Å²) in [5.74, 6) is 0. The molecule has 0 fully saturated rings. The van der Waals surface area contributed by atoms with Gasteiger partial charge in [0.25, 0.3) is 0 Å². The van der Waals surface area contributed by atoms with E-state index in [0.717, 1.165) is 18.7 Å². The molecule has 0 radical (unpaired) electrons. The summed E-state index contributed by atoms with van der Waals surface area (Å²) in [4.78, 5) is 4.70. The number of hydrogen-bond acceptors (Lipinski definition) is 3. The molecule has 102 valence electrons. The molecule has 0 saturated heterocycles. The van der Waals surface area contributed by atoms with Gasteiger partial charge in [-0.25, -0.2) is 4.98 Å². The van der Waals surface area contributed by atoms with Gasteiger partial charge in [-0.1, -0.05) is 39.8 Å². The Morgan fingerprint density at radius 3 is 2.68 bits per heavy atom. The van der Waals surface area contributed by atoms with Gasteiger partial charge in [-0.05, 0) is 24.1 Å². The van der Waals surface area contributed by atoms with Crippen molar-refractivity contribution in [2.45, 2.75) is 46.1 Å². The number of nitrogens with one attached hydrogen (secondary N) is 1. The zero-order valence-electron chi connectivity index (χ0n) is 12.2.